The van der Waals surface area contributed by atoms with Gasteiger partial charge in [0.2, 0.25) is 0 Å². The highest BCUT2D eigenvalue weighted by atomic mass is 16.5. The summed E-state index contributed by atoms with van der Waals surface area (Å²) < 4.78 is 10.9. The van der Waals surface area contributed by atoms with Crippen molar-refractivity contribution in [3.63, 3.8) is 0 Å². The van der Waals surface area contributed by atoms with E-state index in [1.54, 1.807) is 13.0 Å². The molecule has 0 spiro atoms. The molecule has 1 aromatic carbocycles. The third-order valence-electron chi connectivity index (χ3n) is 3.12. The highest BCUT2D eigenvalue weighted by Gasteiger charge is 2.33. The number of imide groups is 1. The van der Waals surface area contributed by atoms with Gasteiger partial charge in [-0.25, -0.2) is 0 Å². The molecule has 0 aliphatic carbocycles. The molecule has 5 nitrogen and oxygen atoms in total. The van der Waals surface area contributed by atoms with Gasteiger partial charge in [-0.3, -0.25) is 14.9 Å². The van der Waals surface area contributed by atoms with Crippen molar-refractivity contribution >= 4 is 11.8 Å². The van der Waals surface area contributed by atoms with Crippen LogP contribution in [0, 0.1) is 6.92 Å². The molecule has 20 heavy (non-hydrogen) atoms. The summed E-state index contributed by atoms with van der Waals surface area (Å²) in [7, 11) is 1.47. The number of rotatable bonds is 4. The fourth-order valence-electron chi connectivity index (χ4n) is 2.07. The van der Waals surface area contributed by atoms with E-state index >= 15 is 0 Å². The number of allylic oxidation sites excluding steroid dienone is 1. The Kier molecular flexibility index (Phi) is 3.79. The first-order chi connectivity index (χ1) is 9.45. The van der Waals surface area contributed by atoms with E-state index in [0.29, 0.717) is 29.2 Å². The molecule has 1 aliphatic heterocycles. The summed E-state index contributed by atoms with van der Waals surface area (Å²) in [6.07, 6.45) is 1.93. The number of nitrogens with one attached hydrogen (secondary N) is 1. The van der Waals surface area contributed by atoms with Gasteiger partial charge in [0, 0.05) is 5.56 Å². The van der Waals surface area contributed by atoms with Crippen molar-refractivity contribution < 1.29 is 19.1 Å². The van der Waals surface area contributed by atoms with Crippen molar-refractivity contribution in [2.45, 2.75) is 20.8 Å². The first-order valence-corrected chi connectivity index (χ1v) is 6.29. The molecule has 0 atom stereocenters. The molecule has 1 aromatic rings. The summed E-state index contributed by atoms with van der Waals surface area (Å²) in [6, 6.07) is 1.59. The van der Waals surface area contributed by atoms with E-state index in [1.807, 2.05) is 19.9 Å². The Balaban J connectivity index is 2.45. The Morgan fingerprint density at radius 2 is 2.00 bits per heavy atom. The predicted octanol–water partition coefficient (Wildman–Crippen LogP) is 2.23. The van der Waals surface area contributed by atoms with Gasteiger partial charge in [0.15, 0.2) is 0 Å². The third kappa shape index (κ3) is 2.39. The molecule has 1 N–H and O–H groups in total. The van der Waals surface area contributed by atoms with Crippen LogP contribution in [0.15, 0.2) is 17.7 Å². The van der Waals surface area contributed by atoms with Gasteiger partial charge in [-0.05, 0) is 32.9 Å². The molecule has 2 rings (SSSR count). The first-order valence-electron chi connectivity index (χ1n) is 6.29. The second kappa shape index (κ2) is 5.36. The molecule has 0 bridgehead atoms. The van der Waals surface area contributed by atoms with Crippen LogP contribution in [-0.4, -0.2) is 25.5 Å². The number of methoxy groups -OCH3 is 1. The molecular formula is C15H17NO4. The van der Waals surface area contributed by atoms with Crippen LogP contribution in [0.3, 0.4) is 0 Å². The van der Waals surface area contributed by atoms with Crippen LogP contribution in [0.4, 0.5) is 0 Å². The van der Waals surface area contributed by atoms with Crippen LogP contribution in [0.5, 0.6) is 11.5 Å². The molecule has 2 amide bonds. The lowest BCUT2D eigenvalue weighted by Gasteiger charge is -2.13. The minimum absolute atomic E-state index is 0.282. The smallest absolute Gasteiger partial charge is 0.262 e. The van der Waals surface area contributed by atoms with Gasteiger partial charge in [0.05, 0.1) is 18.2 Å². The van der Waals surface area contributed by atoms with Crippen LogP contribution >= 0.6 is 0 Å². The lowest BCUT2D eigenvalue weighted by atomic mass is 10.0. The first kappa shape index (κ1) is 14.1. The van der Waals surface area contributed by atoms with Crippen molar-refractivity contribution in [3.05, 3.63) is 34.4 Å². The normalized spacial score (nSPS) is 12.8. The van der Waals surface area contributed by atoms with Crippen LogP contribution < -0.4 is 14.8 Å². The maximum Gasteiger partial charge on any atom is 0.262 e. The molecule has 1 aliphatic rings. The summed E-state index contributed by atoms with van der Waals surface area (Å²) in [5.41, 5.74) is 2.43. The van der Waals surface area contributed by atoms with Crippen LogP contribution in [0.2, 0.25) is 0 Å². The molecule has 0 fully saturated rings. The number of hydrogen-bond acceptors (Lipinski definition) is 4. The highest BCUT2D eigenvalue weighted by molar-refractivity contribution is 6.23. The topological polar surface area (TPSA) is 64.6 Å². The van der Waals surface area contributed by atoms with Gasteiger partial charge in [-0.15, -0.1) is 0 Å². The van der Waals surface area contributed by atoms with Gasteiger partial charge >= 0.3 is 0 Å². The van der Waals surface area contributed by atoms with Gasteiger partial charge in [0.1, 0.15) is 18.1 Å². The van der Waals surface area contributed by atoms with Crippen molar-refractivity contribution in [2.75, 3.05) is 13.7 Å². The van der Waals surface area contributed by atoms with Crippen molar-refractivity contribution in [1.82, 2.24) is 5.32 Å². The standard InChI is InChI=1S/C15H17NO4/c1-8(2)5-6-20-11-7-10-12(13(19-4)9(11)3)15(18)16-14(10)17/h5,7H,6H2,1-4H3,(H,16,17,18). The lowest BCUT2D eigenvalue weighted by Crippen LogP contribution is -2.20. The second-order valence-electron chi connectivity index (χ2n) is 4.83. The average molecular weight is 275 g/mol. The van der Waals surface area contributed by atoms with E-state index in [4.69, 9.17) is 9.47 Å². The number of fused-ring (bicyclic) bond motifs is 1. The van der Waals surface area contributed by atoms with Gasteiger partial charge < -0.3 is 9.47 Å². The Morgan fingerprint density at radius 3 is 2.60 bits per heavy atom. The zero-order chi connectivity index (χ0) is 14.9. The molecule has 0 radical (unpaired) electrons. The molecule has 0 unspecified atom stereocenters. The van der Waals surface area contributed by atoms with Gasteiger partial charge in [-0.2, -0.15) is 0 Å². The Labute approximate surface area is 117 Å². The van der Waals surface area contributed by atoms with Gasteiger partial charge in [-0.1, -0.05) is 5.57 Å². The molecule has 1 heterocycles. The van der Waals surface area contributed by atoms with Crippen molar-refractivity contribution in [3.8, 4) is 11.5 Å². The van der Waals surface area contributed by atoms with Gasteiger partial charge in [0.25, 0.3) is 11.8 Å². The molecule has 5 heteroatoms. The minimum atomic E-state index is -0.430. The van der Waals surface area contributed by atoms with E-state index in [0.717, 1.165) is 5.57 Å². The van der Waals surface area contributed by atoms with Crippen molar-refractivity contribution in [1.29, 1.82) is 0 Å². The molecule has 106 valence electrons. The van der Waals surface area contributed by atoms with E-state index in [1.165, 1.54) is 7.11 Å². The zero-order valence-electron chi connectivity index (χ0n) is 12.0. The molecule has 0 saturated heterocycles. The maximum absolute atomic E-state index is 11.8. The maximum atomic E-state index is 11.8. The fourth-order valence-corrected chi connectivity index (χ4v) is 2.07. The molecule has 0 saturated carbocycles. The fraction of sp³-hybridized carbons (Fsp3) is 0.333. The number of carbonyl (C=O) groups excluding carboxylic acids is 2. The van der Waals surface area contributed by atoms with Crippen LogP contribution in [0.1, 0.15) is 40.1 Å². The number of hydrogen-bond donors (Lipinski definition) is 1. The highest BCUT2D eigenvalue weighted by Crippen LogP contribution is 2.36. The Bertz CT molecular complexity index is 613. The number of benzene rings is 1. The quantitative estimate of drug-likeness (QED) is 0.676. The summed E-state index contributed by atoms with van der Waals surface area (Å²) >= 11 is 0. The monoisotopic (exact) mass is 275 g/mol. The van der Waals surface area contributed by atoms with Crippen LogP contribution in [-0.2, 0) is 0 Å². The predicted molar refractivity (Wildman–Crippen MR) is 74.5 cm³/mol. The summed E-state index contributed by atoms with van der Waals surface area (Å²) in [5, 5.41) is 2.26. The number of amides is 2. The minimum Gasteiger partial charge on any atom is -0.495 e. The Morgan fingerprint density at radius 1 is 1.30 bits per heavy atom. The summed E-state index contributed by atoms with van der Waals surface area (Å²) in [4.78, 5) is 23.5. The molecular weight excluding hydrogens is 258 g/mol. The van der Waals surface area contributed by atoms with Crippen LogP contribution in [0.25, 0.3) is 0 Å². The van der Waals surface area contributed by atoms with E-state index in [2.05, 4.69) is 5.32 Å². The SMILES string of the molecule is COc1c(C)c(OCC=C(C)C)cc2c1C(=O)NC2=O. The summed E-state index contributed by atoms with van der Waals surface area (Å²) in [5.74, 6) is 0.0807. The lowest BCUT2D eigenvalue weighted by molar-refractivity contribution is 0.0879. The zero-order valence-corrected chi connectivity index (χ0v) is 12.0. The average Bonchev–Trinajstić information content (AvgIpc) is 2.65. The third-order valence-corrected chi connectivity index (χ3v) is 3.12. The van der Waals surface area contributed by atoms with E-state index in [9.17, 15) is 9.59 Å². The van der Waals surface area contributed by atoms with E-state index < -0.39 is 11.8 Å². The second-order valence-corrected chi connectivity index (χ2v) is 4.83. The summed E-state index contributed by atoms with van der Waals surface area (Å²) in [6.45, 7) is 6.16. The largest absolute Gasteiger partial charge is 0.495 e. The number of ether oxygens (including phenoxy) is 2. The number of carbonyl (C=O) groups is 2. The Hall–Kier alpha value is -2.30. The van der Waals surface area contributed by atoms with Crippen molar-refractivity contribution in [2.24, 2.45) is 0 Å². The molecule has 0 aromatic heterocycles. The van der Waals surface area contributed by atoms with E-state index in [-0.39, 0.29) is 5.56 Å².